The van der Waals surface area contributed by atoms with Crippen molar-refractivity contribution in [2.45, 2.75) is 50.7 Å². The number of rotatable bonds is 5. The van der Waals surface area contributed by atoms with E-state index in [-0.39, 0.29) is 0 Å². The van der Waals surface area contributed by atoms with Crippen LogP contribution in [-0.4, -0.2) is 50.8 Å². The predicted molar refractivity (Wildman–Crippen MR) is 71.3 cm³/mol. The summed E-state index contributed by atoms with van der Waals surface area (Å²) in [5, 5.41) is 3.48. The molecule has 0 aromatic heterocycles. The smallest absolute Gasteiger partial charge is 0.0595 e. The Morgan fingerprint density at radius 2 is 1.94 bits per heavy atom. The minimum Gasteiger partial charge on any atom is -0.381 e. The summed E-state index contributed by atoms with van der Waals surface area (Å²) in [6.45, 7) is 3.75. The molecular formula is C14H28N2O. The first-order valence-electron chi connectivity index (χ1n) is 7.26. The molecule has 1 aliphatic carbocycles. The van der Waals surface area contributed by atoms with E-state index in [0.29, 0.717) is 6.10 Å². The molecule has 100 valence electrons. The van der Waals surface area contributed by atoms with Crippen LogP contribution in [0.1, 0.15) is 38.5 Å². The van der Waals surface area contributed by atoms with Gasteiger partial charge in [0.05, 0.1) is 6.10 Å². The predicted octanol–water partition coefficient (Wildman–Crippen LogP) is 1.88. The van der Waals surface area contributed by atoms with Crippen LogP contribution in [-0.2, 0) is 4.74 Å². The van der Waals surface area contributed by atoms with Gasteiger partial charge in [-0.3, -0.25) is 0 Å². The normalized spacial score (nSPS) is 32.1. The van der Waals surface area contributed by atoms with Gasteiger partial charge in [0.25, 0.3) is 0 Å². The molecule has 3 nitrogen and oxygen atoms in total. The Balaban J connectivity index is 1.65. The Hall–Kier alpha value is -0.120. The molecule has 2 rings (SSSR count). The number of likely N-dealkylation sites (tertiary alicyclic amines) is 1. The van der Waals surface area contributed by atoms with Crippen LogP contribution in [0.15, 0.2) is 0 Å². The molecule has 2 atom stereocenters. The van der Waals surface area contributed by atoms with Crippen molar-refractivity contribution in [3.8, 4) is 0 Å². The molecule has 0 aromatic rings. The van der Waals surface area contributed by atoms with Crippen molar-refractivity contribution in [2.24, 2.45) is 5.92 Å². The number of piperidine rings is 1. The zero-order valence-electron chi connectivity index (χ0n) is 11.5. The molecule has 1 saturated carbocycles. The molecule has 0 aromatic carbocycles. The van der Waals surface area contributed by atoms with Crippen LogP contribution in [0.2, 0.25) is 0 Å². The molecular weight excluding hydrogens is 212 g/mol. The fourth-order valence-corrected chi connectivity index (χ4v) is 3.48. The number of nitrogens with one attached hydrogen (secondary N) is 1. The molecule has 0 radical (unpaired) electrons. The minimum atomic E-state index is 0.516. The van der Waals surface area contributed by atoms with Crippen molar-refractivity contribution in [3.05, 3.63) is 0 Å². The zero-order chi connectivity index (χ0) is 12.1. The summed E-state index contributed by atoms with van der Waals surface area (Å²) >= 11 is 0. The van der Waals surface area contributed by atoms with Crippen LogP contribution in [0.3, 0.4) is 0 Å². The quantitative estimate of drug-likeness (QED) is 0.794. The number of nitrogens with zero attached hydrogens (tertiary/aromatic N) is 1. The lowest BCUT2D eigenvalue weighted by Crippen LogP contribution is -2.39. The third-order valence-corrected chi connectivity index (χ3v) is 4.71. The molecule has 2 fully saturated rings. The average molecular weight is 240 g/mol. The minimum absolute atomic E-state index is 0.516. The number of hydrogen-bond acceptors (Lipinski definition) is 3. The lowest BCUT2D eigenvalue weighted by atomic mass is 9.98. The van der Waals surface area contributed by atoms with Gasteiger partial charge in [-0.15, -0.1) is 0 Å². The van der Waals surface area contributed by atoms with Crippen molar-refractivity contribution < 1.29 is 4.74 Å². The van der Waals surface area contributed by atoms with E-state index < -0.39 is 0 Å². The number of methoxy groups -OCH3 is 1. The Labute approximate surface area is 106 Å². The molecule has 0 bridgehead atoms. The standard InChI is InChI=1S/C14H28N2O/c1-15-14-5-3-4-12(14)6-9-16-10-7-13(17-2)8-11-16/h12-15H,3-11H2,1-2H3. The highest BCUT2D eigenvalue weighted by atomic mass is 16.5. The third kappa shape index (κ3) is 3.67. The summed E-state index contributed by atoms with van der Waals surface area (Å²) in [5.41, 5.74) is 0. The maximum atomic E-state index is 5.42. The third-order valence-electron chi connectivity index (χ3n) is 4.71. The highest BCUT2D eigenvalue weighted by Crippen LogP contribution is 2.28. The van der Waals surface area contributed by atoms with E-state index in [9.17, 15) is 0 Å². The molecule has 1 saturated heterocycles. The Morgan fingerprint density at radius 3 is 2.59 bits per heavy atom. The van der Waals surface area contributed by atoms with E-state index in [0.717, 1.165) is 12.0 Å². The van der Waals surface area contributed by atoms with Crippen molar-refractivity contribution >= 4 is 0 Å². The first-order valence-corrected chi connectivity index (χ1v) is 7.26. The Kier molecular flexibility index (Phi) is 5.26. The fraction of sp³-hybridized carbons (Fsp3) is 1.00. The van der Waals surface area contributed by atoms with E-state index in [1.165, 1.54) is 58.2 Å². The van der Waals surface area contributed by atoms with Gasteiger partial charge in [0, 0.05) is 26.2 Å². The Morgan fingerprint density at radius 1 is 1.18 bits per heavy atom. The highest BCUT2D eigenvalue weighted by molar-refractivity contribution is 4.83. The largest absolute Gasteiger partial charge is 0.381 e. The lowest BCUT2D eigenvalue weighted by molar-refractivity contribution is 0.0394. The number of ether oxygens (including phenoxy) is 1. The molecule has 2 aliphatic rings. The fourth-order valence-electron chi connectivity index (χ4n) is 3.48. The number of hydrogen-bond donors (Lipinski definition) is 1. The van der Waals surface area contributed by atoms with Gasteiger partial charge in [-0.1, -0.05) is 6.42 Å². The average Bonchev–Trinajstić information content (AvgIpc) is 2.84. The van der Waals surface area contributed by atoms with Crippen LogP contribution in [0.5, 0.6) is 0 Å². The van der Waals surface area contributed by atoms with Crippen molar-refractivity contribution in [3.63, 3.8) is 0 Å². The van der Waals surface area contributed by atoms with Gasteiger partial charge < -0.3 is 15.0 Å². The SMILES string of the molecule is CNC1CCCC1CCN1CCC(OC)CC1. The van der Waals surface area contributed by atoms with Crippen LogP contribution >= 0.6 is 0 Å². The van der Waals surface area contributed by atoms with Gasteiger partial charge in [-0.25, -0.2) is 0 Å². The molecule has 0 amide bonds. The van der Waals surface area contributed by atoms with Gasteiger partial charge in [0.15, 0.2) is 0 Å². The first kappa shape index (κ1) is 13.3. The van der Waals surface area contributed by atoms with E-state index in [1.807, 2.05) is 7.11 Å². The second kappa shape index (κ2) is 6.72. The maximum Gasteiger partial charge on any atom is 0.0595 e. The second-order valence-corrected chi connectivity index (χ2v) is 5.65. The van der Waals surface area contributed by atoms with E-state index in [1.54, 1.807) is 0 Å². The van der Waals surface area contributed by atoms with Crippen molar-refractivity contribution in [1.82, 2.24) is 10.2 Å². The summed E-state index contributed by atoms with van der Waals surface area (Å²) in [6, 6.07) is 0.784. The molecule has 1 aliphatic heterocycles. The first-order chi connectivity index (χ1) is 8.33. The van der Waals surface area contributed by atoms with Crippen LogP contribution in [0.4, 0.5) is 0 Å². The highest BCUT2D eigenvalue weighted by Gasteiger charge is 2.26. The van der Waals surface area contributed by atoms with Crippen LogP contribution in [0, 0.1) is 5.92 Å². The molecule has 17 heavy (non-hydrogen) atoms. The topological polar surface area (TPSA) is 24.5 Å². The van der Waals surface area contributed by atoms with Gasteiger partial charge in [-0.05, 0) is 51.6 Å². The van der Waals surface area contributed by atoms with E-state index in [2.05, 4.69) is 17.3 Å². The Bertz CT molecular complexity index is 214. The molecule has 1 N–H and O–H groups in total. The summed E-state index contributed by atoms with van der Waals surface area (Å²) in [4.78, 5) is 2.63. The van der Waals surface area contributed by atoms with Crippen LogP contribution < -0.4 is 5.32 Å². The zero-order valence-corrected chi connectivity index (χ0v) is 11.5. The van der Waals surface area contributed by atoms with E-state index >= 15 is 0 Å². The molecule has 2 unspecified atom stereocenters. The summed E-state index contributed by atoms with van der Waals surface area (Å²) in [7, 11) is 3.96. The van der Waals surface area contributed by atoms with Gasteiger partial charge in [-0.2, -0.15) is 0 Å². The monoisotopic (exact) mass is 240 g/mol. The van der Waals surface area contributed by atoms with Crippen LogP contribution in [0.25, 0.3) is 0 Å². The van der Waals surface area contributed by atoms with Crippen molar-refractivity contribution in [2.75, 3.05) is 33.8 Å². The van der Waals surface area contributed by atoms with Crippen molar-refractivity contribution in [1.29, 1.82) is 0 Å². The van der Waals surface area contributed by atoms with E-state index in [4.69, 9.17) is 4.74 Å². The van der Waals surface area contributed by atoms with Gasteiger partial charge >= 0.3 is 0 Å². The summed E-state index contributed by atoms with van der Waals surface area (Å²) < 4.78 is 5.42. The summed E-state index contributed by atoms with van der Waals surface area (Å²) in [6.07, 6.45) is 8.56. The lowest BCUT2D eigenvalue weighted by Gasteiger charge is -2.32. The summed E-state index contributed by atoms with van der Waals surface area (Å²) in [5.74, 6) is 0.917. The maximum absolute atomic E-state index is 5.42. The molecule has 3 heteroatoms. The molecule has 0 spiro atoms. The molecule has 1 heterocycles. The van der Waals surface area contributed by atoms with Gasteiger partial charge in [0.2, 0.25) is 0 Å². The van der Waals surface area contributed by atoms with Gasteiger partial charge in [0.1, 0.15) is 0 Å². The second-order valence-electron chi connectivity index (χ2n) is 5.65.